The quantitative estimate of drug-likeness (QED) is 0.771. The van der Waals surface area contributed by atoms with Gasteiger partial charge in [-0.25, -0.2) is 0 Å². The van der Waals surface area contributed by atoms with Crippen LogP contribution in [-0.4, -0.2) is 53.4 Å². The van der Waals surface area contributed by atoms with Crippen LogP contribution in [0, 0.1) is 5.92 Å². The maximum absolute atomic E-state index is 12.8. The highest BCUT2D eigenvalue weighted by atomic mass is 16.5. The summed E-state index contributed by atoms with van der Waals surface area (Å²) in [5.74, 6) is 0.406. The van der Waals surface area contributed by atoms with Gasteiger partial charge in [0.15, 0.2) is 0 Å². The molecule has 136 valence electrons. The number of nitrogens with zero attached hydrogens (tertiary/aromatic N) is 2. The van der Waals surface area contributed by atoms with E-state index in [0.717, 1.165) is 12.0 Å². The summed E-state index contributed by atoms with van der Waals surface area (Å²) in [6, 6.07) is 9.76. The second kappa shape index (κ2) is 7.67. The van der Waals surface area contributed by atoms with Crippen molar-refractivity contribution < 1.29 is 14.3 Å². The monoisotopic (exact) mass is 344 g/mol. The molecule has 0 aliphatic carbocycles. The van der Waals surface area contributed by atoms with Crippen LogP contribution in [0.3, 0.4) is 0 Å². The summed E-state index contributed by atoms with van der Waals surface area (Å²) in [5, 5.41) is 0. The Balaban J connectivity index is 1.70. The first-order chi connectivity index (χ1) is 12.0. The fourth-order valence-electron chi connectivity index (χ4n) is 3.66. The summed E-state index contributed by atoms with van der Waals surface area (Å²) in [6.45, 7) is 8.11. The maximum Gasteiger partial charge on any atom is 0.247 e. The van der Waals surface area contributed by atoms with Gasteiger partial charge in [0.25, 0.3) is 0 Å². The molecule has 1 aromatic rings. The van der Waals surface area contributed by atoms with E-state index in [1.165, 1.54) is 4.90 Å². The molecular weight excluding hydrogens is 316 g/mol. The van der Waals surface area contributed by atoms with Crippen molar-refractivity contribution >= 4 is 11.8 Å². The van der Waals surface area contributed by atoms with E-state index in [0.29, 0.717) is 32.0 Å². The van der Waals surface area contributed by atoms with Crippen LogP contribution in [0.2, 0.25) is 0 Å². The predicted octanol–water partition coefficient (Wildman–Crippen LogP) is 2.62. The van der Waals surface area contributed by atoms with E-state index in [-0.39, 0.29) is 30.1 Å². The molecule has 0 bridgehead atoms. The van der Waals surface area contributed by atoms with Gasteiger partial charge in [-0.2, -0.15) is 0 Å². The Morgan fingerprint density at radius 2 is 1.88 bits per heavy atom. The predicted molar refractivity (Wildman–Crippen MR) is 95.9 cm³/mol. The minimum absolute atomic E-state index is 0.0339. The number of ether oxygens (including phenoxy) is 1. The van der Waals surface area contributed by atoms with Crippen LogP contribution in [0.15, 0.2) is 30.3 Å². The van der Waals surface area contributed by atoms with Crippen molar-refractivity contribution in [1.82, 2.24) is 9.80 Å². The molecule has 1 aromatic carbocycles. The lowest BCUT2D eigenvalue weighted by atomic mass is 10.0. The summed E-state index contributed by atoms with van der Waals surface area (Å²) in [6.07, 6.45) is 1.13. The molecule has 2 fully saturated rings. The first-order valence-electron chi connectivity index (χ1n) is 9.24. The zero-order chi connectivity index (χ0) is 18.0. The average molecular weight is 344 g/mol. The van der Waals surface area contributed by atoms with Crippen LogP contribution in [0.5, 0.6) is 0 Å². The molecule has 2 heterocycles. The Kier molecular flexibility index (Phi) is 5.54. The summed E-state index contributed by atoms with van der Waals surface area (Å²) in [7, 11) is 0. The zero-order valence-electron chi connectivity index (χ0n) is 15.4. The number of hydrogen-bond donors (Lipinski definition) is 0. The number of likely N-dealkylation sites (tertiary alicyclic amines) is 1. The van der Waals surface area contributed by atoms with Gasteiger partial charge < -0.3 is 4.74 Å². The number of hydrogen-bond acceptors (Lipinski definition) is 4. The van der Waals surface area contributed by atoms with Gasteiger partial charge in [-0.05, 0) is 24.8 Å². The number of rotatable bonds is 5. The normalized spacial score (nSPS) is 28.2. The third-order valence-corrected chi connectivity index (χ3v) is 5.05. The number of carbonyl (C=O) groups excluding carboxylic acids is 2. The molecule has 0 N–H and O–H groups in total. The Morgan fingerprint density at radius 3 is 2.56 bits per heavy atom. The van der Waals surface area contributed by atoms with E-state index >= 15 is 0 Å². The molecular formula is C20H28N2O3. The molecule has 0 saturated carbocycles. The third-order valence-electron chi connectivity index (χ3n) is 5.05. The van der Waals surface area contributed by atoms with Gasteiger partial charge in [0.2, 0.25) is 11.8 Å². The van der Waals surface area contributed by atoms with Gasteiger partial charge in [-0.15, -0.1) is 0 Å². The fourth-order valence-corrected chi connectivity index (χ4v) is 3.66. The molecule has 0 aromatic heterocycles. The van der Waals surface area contributed by atoms with E-state index < -0.39 is 0 Å². The van der Waals surface area contributed by atoms with Gasteiger partial charge in [0, 0.05) is 19.6 Å². The van der Waals surface area contributed by atoms with Gasteiger partial charge in [-0.1, -0.05) is 44.2 Å². The molecule has 0 radical (unpaired) electrons. The highest BCUT2D eigenvalue weighted by molar-refractivity contribution is 6.05. The van der Waals surface area contributed by atoms with Crippen LogP contribution in [0.25, 0.3) is 0 Å². The molecule has 2 amide bonds. The Hall–Kier alpha value is -1.72. The molecule has 0 spiro atoms. The number of benzene rings is 1. The fraction of sp³-hybridized carbons (Fsp3) is 0.600. The van der Waals surface area contributed by atoms with Crippen LogP contribution in [0.4, 0.5) is 0 Å². The second-order valence-electron chi connectivity index (χ2n) is 7.59. The van der Waals surface area contributed by atoms with E-state index in [1.54, 1.807) is 0 Å². The largest absolute Gasteiger partial charge is 0.368 e. The van der Waals surface area contributed by atoms with E-state index in [4.69, 9.17) is 4.74 Å². The SMILES string of the molecule is CC(C)CCN1C(=O)C[C@H](N2C[C@@H](C)O[C@H](c3ccccc3)C2)C1=O. The van der Waals surface area contributed by atoms with Gasteiger partial charge >= 0.3 is 0 Å². The number of carbonyl (C=O) groups is 2. The molecule has 25 heavy (non-hydrogen) atoms. The number of morpholine rings is 1. The van der Waals surface area contributed by atoms with Crippen molar-refractivity contribution in [3.05, 3.63) is 35.9 Å². The molecule has 3 rings (SSSR count). The van der Waals surface area contributed by atoms with Crippen LogP contribution in [-0.2, 0) is 14.3 Å². The van der Waals surface area contributed by atoms with Crippen LogP contribution in [0.1, 0.15) is 45.3 Å². The minimum Gasteiger partial charge on any atom is -0.368 e. The smallest absolute Gasteiger partial charge is 0.247 e. The van der Waals surface area contributed by atoms with Crippen molar-refractivity contribution in [1.29, 1.82) is 0 Å². The van der Waals surface area contributed by atoms with Gasteiger partial charge in [-0.3, -0.25) is 19.4 Å². The number of imide groups is 1. The van der Waals surface area contributed by atoms with Crippen molar-refractivity contribution in [3.63, 3.8) is 0 Å². The lowest BCUT2D eigenvalue weighted by molar-refractivity contribution is -0.142. The molecule has 2 aliphatic rings. The standard InChI is InChI=1S/C20H28N2O3/c1-14(2)9-10-22-19(23)11-17(20(22)24)21-12-15(3)25-18(13-21)16-7-5-4-6-8-16/h4-8,14-15,17-18H,9-13H2,1-3H3/t15-,17+,18+/m1/s1. The Morgan fingerprint density at radius 1 is 1.16 bits per heavy atom. The van der Waals surface area contributed by atoms with Gasteiger partial charge in [0.05, 0.1) is 24.7 Å². The molecule has 2 aliphatic heterocycles. The molecule has 3 atom stereocenters. The lowest BCUT2D eigenvalue weighted by Crippen LogP contribution is -2.50. The van der Waals surface area contributed by atoms with Gasteiger partial charge in [0.1, 0.15) is 0 Å². The zero-order valence-corrected chi connectivity index (χ0v) is 15.4. The summed E-state index contributed by atoms with van der Waals surface area (Å²) < 4.78 is 6.08. The van der Waals surface area contributed by atoms with Crippen LogP contribution >= 0.6 is 0 Å². The second-order valence-corrected chi connectivity index (χ2v) is 7.59. The van der Waals surface area contributed by atoms with E-state index in [1.807, 2.05) is 25.1 Å². The lowest BCUT2D eigenvalue weighted by Gasteiger charge is -2.39. The highest BCUT2D eigenvalue weighted by Gasteiger charge is 2.44. The van der Waals surface area contributed by atoms with Crippen molar-refractivity contribution in [2.45, 2.75) is 51.9 Å². The summed E-state index contributed by atoms with van der Waals surface area (Å²) in [4.78, 5) is 28.7. The van der Waals surface area contributed by atoms with Crippen LogP contribution < -0.4 is 0 Å². The van der Waals surface area contributed by atoms with Crippen molar-refractivity contribution in [3.8, 4) is 0 Å². The third kappa shape index (κ3) is 4.10. The highest BCUT2D eigenvalue weighted by Crippen LogP contribution is 2.29. The maximum atomic E-state index is 12.8. The Bertz CT molecular complexity index is 617. The molecule has 5 heteroatoms. The first-order valence-corrected chi connectivity index (χ1v) is 9.24. The Labute approximate surface area is 149 Å². The number of amides is 2. The molecule has 5 nitrogen and oxygen atoms in total. The first kappa shape index (κ1) is 18.1. The topological polar surface area (TPSA) is 49.9 Å². The van der Waals surface area contributed by atoms with Crippen molar-refractivity contribution in [2.75, 3.05) is 19.6 Å². The minimum atomic E-state index is -0.336. The molecule has 2 saturated heterocycles. The van der Waals surface area contributed by atoms with E-state index in [9.17, 15) is 9.59 Å². The summed E-state index contributed by atoms with van der Waals surface area (Å²) in [5.41, 5.74) is 1.12. The van der Waals surface area contributed by atoms with Crippen molar-refractivity contribution in [2.24, 2.45) is 5.92 Å². The summed E-state index contributed by atoms with van der Waals surface area (Å²) >= 11 is 0. The molecule has 0 unspecified atom stereocenters. The average Bonchev–Trinajstić information content (AvgIpc) is 2.87. The van der Waals surface area contributed by atoms with E-state index in [2.05, 4.69) is 30.9 Å².